The van der Waals surface area contributed by atoms with Crippen LogP contribution in [0.2, 0.25) is 0 Å². The lowest BCUT2D eigenvalue weighted by Gasteiger charge is -2.17. The molecule has 0 aromatic heterocycles. The second kappa shape index (κ2) is 7.04. The van der Waals surface area contributed by atoms with E-state index in [2.05, 4.69) is 5.32 Å². The summed E-state index contributed by atoms with van der Waals surface area (Å²) in [6, 6.07) is 9.68. The molecule has 116 valence electrons. The van der Waals surface area contributed by atoms with Crippen molar-refractivity contribution >= 4 is 15.7 Å². The fourth-order valence-corrected chi connectivity index (χ4v) is 4.39. The number of benzene rings is 1. The van der Waals surface area contributed by atoms with E-state index in [-0.39, 0.29) is 30.7 Å². The summed E-state index contributed by atoms with van der Waals surface area (Å²) in [7, 11) is -3.02. The van der Waals surface area contributed by atoms with E-state index in [9.17, 15) is 13.2 Å². The molecular formula is C15H22N2O3S. The highest BCUT2D eigenvalue weighted by atomic mass is 32.2. The van der Waals surface area contributed by atoms with Crippen LogP contribution in [-0.4, -0.2) is 38.4 Å². The molecule has 1 fully saturated rings. The Kier molecular flexibility index (Phi) is 5.36. The summed E-state index contributed by atoms with van der Waals surface area (Å²) in [5.41, 5.74) is 6.73. The maximum atomic E-state index is 12.2. The van der Waals surface area contributed by atoms with Crippen molar-refractivity contribution in [1.29, 1.82) is 0 Å². The molecule has 0 radical (unpaired) electrons. The first kappa shape index (κ1) is 16.0. The summed E-state index contributed by atoms with van der Waals surface area (Å²) in [4.78, 5) is 12.2. The van der Waals surface area contributed by atoms with Crippen molar-refractivity contribution in [2.24, 2.45) is 11.7 Å². The molecule has 0 saturated carbocycles. The molecule has 1 aliphatic heterocycles. The Labute approximate surface area is 125 Å². The van der Waals surface area contributed by atoms with E-state index < -0.39 is 15.1 Å². The van der Waals surface area contributed by atoms with Gasteiger partial charge in [0, 0.05) is 13.1 Å². The van der Waals surface area contributed by atoms with Gasteiger partial charge < -0.3 is 11.1 Å². The van der Waals surface area contributed by atoms with Crippen LogP contribution in [0.3, 0.4) is 0 Å². The van der Waals surface area contributed by atoms with Crippen molar-refractivity contribution in [1.82, 2.24) is 5.32 Å². The van der Waals surface area contributed by atoms with Gasteiger partial charge in [-0.25, -0.2) is 8.42 Å². The van der Waals surface area contributed by atoms with Crippen LogP contribution in [-0.2, 0) is 21.1 Å². The van der Waals surface area contributed by atoms with Crippen LogP contribution in [0.5, 0.6) is 0 Å². The van der Waals surface area contributed by atoms with Gasteiger partial charge in [0.2, 0.25) is 5.91 Å². The lowest BCUT2D eigenvalue weighted by Crippen LogP contribution is -2.41. The number of amides is 1. The molecular weight excluding hydrogens is 288 g/mol. The van der Waals surface area contributed by atoms with Crippen LogP contribution >= 0.6 is 0 Å². The van der Waals surface area contributed by atoms with E-state index in [0.29, 0.717) is 19.3 Å². The highest BCUT2D eigenvalue weighted by molar-refractivity contribution is 7.92. The SMILES string of the molecule is NCC(Cc1ccccc1)C(=O)NCC1CCCS1(=O)=O. The molecule has 0 bridgehead atoms. The Balaban J connectivity index is 1.89. The van der Waals surface area contributed by atoms with Gasteiger partial charge in [-0.3, -0.25) is 4.79 Å². The van der Waals surface area contributed by atoms with E-state index in [0.717, 1.165) is 5.56 Å². The zero-order valence-electron chi connectivity index (χ0n) is 12.0. The summed E-state index contributed by atoms with van der Waals surface area (Å²) in [5, 5.41) is 2.32. The number of carbonyl (C=O) groups excluding carboxylic acids is 1. The second-order valence-electron chi connectivity index (χ2n) is 5.50. The molecule has 2 rings (SSSR count). The number of rotatable bonds is 6. The number of nitrogens with two attached hydrogens (primary N) is 1. The summed E-state index contributed by atoms with van der Waals surface area (Å²) in [6.07, 6.45) is 1.89. The normalized spacial score (nSPS) is 21.9. The van der Waals surface area contributed by atoms with E-state index in [1.54, 1.807) is 0 Å². The van der Waals surface area contributed by atoms with Gasteiger partial charge in [-0.2, -0.15) is 0 Å². The van der Waals surface area contributed by atoms with Gasteiger partial charge in [-0.15, -0.1) is 0 Å². The minimum absolute atomic E-state index is 0.163. The molecule has 6 heteroatoms. The molecule has 5 nitrogen and oxygen atoms in total. The van der Waals surface area contributed by atoms with Crippen molar-refractivity contribution in [3.63, 3.8) is 0 Å². The van der Waals surface area contributed by atoms with Gasteiger partial charge in [0.1, 0.15) is 0 Å². The molecule has 0 aliphatic carbocycles. The first-order chi connectivity index (χ1) is 10.0. The standard InChI is InChI=1S/C15H22N2O3S/c16-10-13(9-12-5-2-1-3-6-12)15(18)17-11-14-7-4-8-21(14,19)20/h1-3,5-6,13-14H,4,7-11,16H2,(H,17,18). The number of nitrogens with one attached hydrogen (secondary N) is 1. The van der Waals surface area contributed by atoms with E-state index in [1.807, 2.05) is 30.3 Å². The first-order valence-corrected chi connectivity index (χ1v) is 8.97. The lowest BCUT2D eigenvalue weighted by atomic mass is 9.98. The van der Waals surface area contributed by atoms with Gasteiger partial charge in [-0.1, -0.05) is 30.3 Å². The number of carbonyl (C=O) groups is 1. The summed E-state index contributed by atoms with van der Waals surface area (Å²) in [5.74, 6) is -0.252. The molecule has 3 N–H and O–H groups in total. The largest absolute Gasteiger partial charge is 0.355 e. The number of hydrogen-bond donors (Lipinski definition) is 2. The van der Waals surface area contributed by atoms with Crippen molar-refractivity contribution in [2.75, 3.05) is 18.8 Å². The van der Waals surface area contributed by atoms with Gasteiger partial charge in [0.25, 0.3) is 0 Å². The molecule has 2 atom stereocenters. The molecule has 1 aromatic carbocycles. The summed E-state index contributed by atoms with van der Waals surface area (Å²) in [6.45, 7) is 0.449. The van der Waals surface area contributed by atoms with Crippen molar-refractivity contribution < 1.29 is 13.2 Å². The third kappa shape index (κ3) is 4.28. The van der Waals surface area contributed by atoms with E-state index in [1.165, 1.54) is 0 Å². The monoisotopic (exact) mass is 310 g/mol. The van der Waals surface area contributed by atoms with Crippen LogP contribution in [0.1, 0.15) is 18.4 Å². The Bertz CT molecular complexity index is 572. The average Bonchev–Trinajstić information content (AvgIpc) is 2.82. The van der Waals surface area contributed by atoms with Gasteiger partial charge in [-0.05, 0) is 24.8 Å². The van der Waals surface area contributed by atoms with Gasteiger partial charge >= 0.3 is 0 Å². The van der Waals surface area contributed by atoms with Crippen molar-refractivity contribution in [3.8, 4) is 0 Å². The number of sulfone groups is 1. The Morgan fingerprint density at radius 2 is 2.05 bits per heavy atom. The molecule has 21 heavy (non-hydrogen) atoms. The van der Waals surface area contributed by atoms with Crippen LogP contribution in [0.25, 0.3) is 0 Å². The van der Waals surface area contributed by atoms with Crippen LogP contribution in [0.4, 0.5) is 0 Å². The fourth-order valence-electron chi connectivity index (χ4n) is 2.63. The van der Waals surface area contributed by atoms with Crippen LogP contribution in [0, 0.1) is 5.92 Å². The van der Waals surface area contributed by atoms with Crippen LogP contribution in [0.15, 0.2) is 30.3 Å². The topological polar surface area (TPSA) is 89.3 Å². The van der Waals surface area contributed by atoms with Crippen molar-refractivity contribution in [3.05, 3.63) is 35.9 Å². The molecule has 1 heterocycles. The minimum Gasteiger partial charge on any atom is -0.355 e. The molecule has 1 aliphatic rings. The molecule has 1 saturated heterocycles. The molecule has 0 spiro atoms. The third-order valence-electron chi connectivity index (χ3n) is 3.95. The predicted molar refractivity (Wildman–Crippen MR) is 82.5 cm³/mol. The zero-order valence-corrected chi connectivity index (χ0v) is 12.8. The Morgan fingerprint density at radius 3 is 2.62 bits per heavy atom. The predicted octanol–water partition coefficient (Wildman–Crippen LogP) is 0.497. The highest BCUT2D eigenvalue weighted by Crippen LogP contribution is 2.19. The number of hydrogen-bond acceptors (Lipinski definition) is 4. The zero-order chi connectivity index (χ0) is 15.3. The first-order valence-electron chi connectivity index (χ1n) is 7.26. The van der Waals surface area contributed by atoms with Crippen molar-refractivity contribution in [2.45, 2.75) is 24.5 Å². The molecule has 2 unspecified atom stereocenters. The summed E-state index contributed by atoms with van der Waals surface area (Å²) >= 11 is 0. The van der Waals surface area contributed by atoms with Crippen LogP contribution < -0.4 is 11.1 Å². The fraction of sp³-hybridized carbons (Fsp3) is 0.533. The van der Waals surface area contributed by atoms with E-state index >= 15 is 0 Å². The maximum Gasteiger partial charge on any atom is 0.224 e. The lowest BCUT2D eigenvalue weighted by molar-refractivity contribution is -0.124. The van der Waals surface area contributed by atoms with Gasteiger partial charge in [0.15, 0.2) is 9.84 Å². The quantitative estimate of drug-likeness (QED) is 0.800. The maximum absolute atomic E-state index is 12.2. The van der Waals surface area contributed by atoms with Gasteiger partial charge in [0.05, 0.1) is 16.9 Å². The third-order valence-corrected chi connectivity index (χ3v) is 6.22. The highest BCUT2D eigenvalue weighted by Gasteiger charge is 2.31. The molecule has 1 aromatic rings. The Morgan fingerprint density at radius 1 is 1.33 bits per heavy atom. The summed E-state index contributed by atoms with van der Waals surface area (Å²) < 4.78 is 23.5. The van der Waals surface area contributed by atoms with E-state index in [4.69, 9.17) is 5.73 Å². The smallest absolute Gasteiger partial charge is 0.224 e. The molecule has 1 amide bonds. The Hall–Kier alpha value is -1.40. The second-order valence-corrected chi connectivity index (χ2v) is 7.90. The minimum atomic E-state index is -3.02. The average molecular weight is 310 g/mol.